The second kappa shape index (κ2) is 8.51. The van der Waals surface area contributed by atoms with E-state index < -0.39 is 5.63 Å². The SMILES string of the molecule is CCc1ccc([C@@H](NCc2cc(=O)oc3cc(O)ccc23)c2cccc(F)c2)cc1. The number of nitrogens with one attached hydrogen (secondary N) is 1. The average Bonchev–Trinajstić information content (AvgIpc) is 2.74. The smallest absolute Gasteiger partial charge is 0.336 e. The first-order valence-electron chi connectivity index (χ1n) is 9.87. The minimum atomic E-state index is -0.487. The molecule has 4 nitrogen and oxygen atoms in total. The number of benzene rings is 3. The lowest BCUT2D eigenvalue weighted by Crippen LogP contribution is -2.23. The van der Waals surface area contributed by atoms with Gasteiger partial charge in [0.15, 0.2) is 0 Å². The second-order valence-electron chi connectivity index (χ2n) is 7.24. The predicted molar refractivity (Wildman–Crippen MR) is 115 cm³/mol. The summed E-state index contributed by atoms with van der Waals surface area (Å²) in [6.07, 6.45) is 0.941. The molecule has 5 heteroatoms. The van der Waals surface area contributed by atoms with Gasteiger partial charge in [-0.05, 0) is 52.9 Å². The van der Waals surface area contributed by atoms with Gasteiger partial charge in [-0.3, -0.25) is 0 Å². The van der Waals surface area contributed by atoms with Crippen LogP contribution in [0.15, 0.2) is 82.0 Å². The molecule has 3 aromatic carbocycles. The average molecular weight is 403 g/mol. The van der Waals surface area contributed by atoms with Gasteiger partial charge in [0.2, 0.25) is 0 Å². The number of aryl methyl sites for hydroxylation is 1. The fourth-order valence-electron chi connectivity index (χ4n) is 3.64. The molecular weight excluding hydrogens is 381 g/mol. The molecule has 0 amide bonds. The largest absolute Gasteiger partial charge is 0.508 e. The molecule has 0 radical (unpaired) electrons. The third-order valence-electron chi connectivity index (χ3n) is 5.21. The zero-order valence-electron chi connectivity index (χ0n) is 16.6. The lowest BCUT2D eigenvalue weighted by atomic mass is 9.96. The molecule has 0 saturated heterocycles. The number of hydrogen-bond donors (Lipinski definition) is 2. The van der Waals surface area contributed by atoms with Crippen LogP contribution in [0, 0.1) is 5.82 Å². The van der Waals surface area contributed by atoms with E-state index in [0.29, 0.717) is 12.1 Å². The van der Waals surface area contributed by atoms with Crippen molar-refractivity contribution in [1.29, 1.82) is 0 Å². The molecule has 0 aliphatic heterocycles. The first kappa shape index (κ1) is 19.9. The van der Waals surface area contributed by atoms with E-state index in [1.807, 2.05) is 18.2 Å². The maximum Gasteiger partial charge on any atom is 0.336 e. The molecule has 2 N–H and O–H groups in total. The summed E-state index contributed by atoms with van der Waals surface area (Å²) in [4.78, 5) is 12.0. The van der Waals surface area contributed by atoms with E-state index in [0.717, 1.165) is 28.5 Å². The number of phenolic OH excluding ortho intramolecular Hbond substituents is 1. The quantitative estimate of drug-likeness (QED) is 0.441. The van der Waals surface area contributed by atoms with Gasteiger partial charge in [-0.1, -0.05) is 43.3 Å². The summed E-state index contributed by atoms with van der Waals surface area (Å²) in [5, 5.41) is 13.9. The van der Waals surface area contributed by atoms with Crippen molar-refractivity contribution in [3.63, 3.8) is 0 Å². The molecule has 4 aromatic rings. The van der Waals surface area contributed by atoms with Crippen LogP contribution in [0.3, 0.4) is 0 Å². The van der Waals surface area contributed by atoms with Crippen molar-refractivity contribution < 1.29 is 13.9 Å². The first-order valence-corrected chi connectivity index (χ1v) is 9.87. The monoisotopic (exact) mass is 403 g/mol. The van der Waals surface area contributed by atoms with E-state index in [1.165, 1.54) is 29.8 Å². The summed E-state index contributed by atoms with van der Waals surface area (Å²) < 4.78 is 19.1. The highest BCUT2D eigenvalue weighted by molar-refractivity contribution is 5.81. The van der Waals surface area contributed by atoms with Crippen LogP contribution in [-0.4, -0.2) is 5.11 Å². The van der Waals surface area contributed by atoms with Gasteiger partial charge in [0.1, 0.15) is 17.1 Å². The van der Waals surface area contributed by atoms with Crippen LogP contribution in [0.5, 0.6) is 5.75 Å². The van der Waals surface area contributed by atoms with Crippen molar-refractivity contribution in [3.8, 4) is 5.75 Å². The van der Waals surface area contributed by atoms with Gasteiger partial charge in [0.25, 0.3) is 0 Å². The zero-order valence-corrected chi connectivity index (χ0v) is 16.6. The maximum atomic E-state index is 13.9. The zero-order chi connectivity index (χ0) is 21.1. The van der Waals surface area contributed by atoms with E-state index in [-0.39, 0.29) is 17.6 Å². The number of fused-ring (bicyclic) bond motifs is 1. The first-order chi connectivity index (χ1) is 14.5. The molecule has 0 unspecified atom stereocenters. The van der Waals surface area contributed by atoms with Gasteiger partial charge >= 0.3 is 5.63 Å². The number of phenols is 1. The lowest BCUT2D eigenvalue weighted by Gasteiger charge is -2.21. The summed E-state index contributed by atoms with van der Waals surface area (Å²) in [6.45, 7) is 2.46. The minimum absolute atomic E-state index is 0.0319. The standard InChI is InChI=1S/C25H22FNO3/c1-2-16-6-8-17(9-7-16)25(18-4-3-5-20(26)12-18)27-15-19-13-24(29)30-23-14-21(28)10-11-22(19)23/h3-14,25,27-28H,2,15H2,1H3/t25-/m1/s1. The third kappa shape index (κ3) is 4.26. The fraction of sp³-hybridized carbons (Fsp3) is 0.160. The Bertz CT molecular complexity index is 1230. The summed E-state index contributed by atoms with van der Waals surface area (Å²) in [5.74, 6) is -0.268. The Balaban J connectivity index is 1.70. The van der Waals surface area contributed by atoms with Crippen LogP contribution in [0.25, 0.3) is 11.0 Å². The highest BCUT2D eigenvalue weighted by Gasteiger charge is 2.16. The molecule has 4 rings (SSSR count). The molecule has 0 spiro atoms. The van der Waals surface area contributed by atoms with Crippen LogP contribution in [0.2, 0.25) is 0 Å². The Kier molecular flexibility index (Phi) is 5.63. The van der Waals surface area contributed by atoms with E-state index in [1.54, 1.807) is 18.2 Å². The highest BCUT2D eigenvalue weighted by Crippen LogP contribution is 2.26. The van der Waals surface area contributed by atoms with Crippen molar-refractivity contribution in [2.75, 3.05) is 0 Å². The number of halogens is 1. The summed E-state index contributed by atoms with van der Waals surface area (Å²) in [7, 11) is 0. The molecule has 0 bridgehead atoms. The van der Waals surface area contributed by atoms with Gasteiger partial charge in [-0.15, -0.1) is 0 Å². The van der Waals surface area contributed by atoms with Crippen molar-refractivity contribution in [1.82, 2.24) is 5.32 Å². The minimum Gasteiger partial charge on any atom is -0.508 e. The van der Waals surface area contributed by atoms with Crippen LogP contribution >= 0.6 is 0 Å². The lowest BCUT2D eigenvalue weighted by molar-refractivity contribution is 0.473. The van der Waals surface area contributed by atoms with Crippen LogP contribution in [-0.2, 0) is 13.0 Å². The molecule has 30 heavy (non-hydrogen) atoms. The number of aromatic hydroxyl groups is 1. The van der Waals surface area contributed by atoms with Crippen molar-refractivity contribution in [2.24, 2.45) is 0 Å². The Morgan fingerprint density at radius 2 is 1.80 bits per heavy atom. The van der Waals surface area contributed by atoms with Crippen molar-refractivity contribution >= 4 is 11.0 Å². The van der Waals surface area contributed by atoms with Gasteiger partial charge in [-0.25, -0.2) is 9.18 Å². The number of rotatable bonds is 6. The Labute approximate surface area is 173 Å². The summed E-state index contributed by atoms with van der Waals surface area (Å²) in [6, 6.07) is 20.6. The van der Waals surface area contributed by atoms with Crippen molar-refractivity contribution in [3.05, 3.63) is 111 Å². The molecule has 0 aliphatic carbocycles. The third-order valence-corrected chi connectivity index (χ3v) is 5.21. The van der Waals surface area contributed by atoms with E-state index >= 15 is 0 Å². The fourth-order valence-corrected chi connectivity index (χ4v) is 3.64. The normalized spacial score (nSPS) is 12.2. The second-order valence-corrected chi connectivity index (χ2v) is 7.24. The summed E-state index contributed by atoms with van der Waals surface area (Å²) in [5.41, 5.74) is 3.61. The topological polar surface area (TPSA) is 62.5 Å². The molecular formula is C25H22FNO3. The van der Waals surface area contributed by atoms with E-state index in [4.69, 9.17) is 4.42 Å². The van der Waals surface area contributed by atoms with Crippen molar-refractivity contribution in [2.45, 2.75) is 25.9 Å². The van der Waals surface area contributed by atoms with Gasteiger partial charge in [-0.2, -0.15) is 0 Å². The molecule has 0 saturated carbocycles. The van der Waals surface area contributed by atoms with Gasteiger partial charge < -0.3 is 14.8 Å². The highest BCUT2D eigenvalue weighted by atomic mass is 19.1. The van der Waals surface area contributed by atoms with Gasteiger partial charge in [0, 0.05) is 24.1 Å². The summed E-state index contributed by atoms with van der Waals surface area (Å²) >= 11 is 0. The molecule has 1 heterocycles. The Morgan fingerprint density at radius 1 is 1.00 bits per heavy atom. The molecule has 152 valence electrons. The Hall–Kier alpha value is -3.44. The van der Waals surface area contributed by atoms with E-state index in [2.05, 4.69) is 24.4 Å². The molecule has 1 aromatic heterocycles. The van der Waals surface area contributed by atoms with Crippen LogP contribution < -0.4 is 10.9 Å². The van der Waals surface area contributed by atoms with Crippen LogP contribution in [0.1, 0.15) is 35.2 Å². The van der Waals surface area contributed by atoms with Crippen LogP contribution in [0.4, 0.5) is 4.39 Å². The Morgan fingerprint density at radius 3 is 2.53 bits per heavy atom. The predicted octanol–water partition coefficient (Wildman–Crippen LogP) is 5.08. The molecule has 0 fully saturated rings. The van der Waals surface area contributed by atoms with E-state index in [9.17, 15) is 14.3 Å². The molecule has 1 atom stereocenters. The molecule has 0 aliphatic rings. The number of hydrogen-bond acceptors (Lipinski definition) is 4. The maximum absolute atomic E-state index is 13.9. The van der Waals surface area contributed by atoms with Gasteiger partial charge in [0.05, 0.1) is 6.04 Å².